The summed E-state index contributed by atoms with van der Waals surface area (Å²) < 4.78 is 0. The van der Waals surface area contributed by atoms with Gasteiger partial charge in [-0.15, -0.1) is 0 Å². The van der Waals surface area contributed by atoms with Gasteiger partial charge >= 0.3 is 0 Å². The standard InChI is InChI=1S/C32H52N4S/c1-6-11-13-15-21-36(22-16-14-12-7-2)28-18-20-30-32(26-28)37-31-25-27(17-19-29(31)33-30)35(10-5)24-23-34(8-3)9-4/h17-19,25-26H,6-16,20-24H2,1-5H3. The molecule has 0 amide bonds. The van der Waals surface area contributed by atoms with Crippen LogP contribution in [0.1, 0.15) is 92.4 Å². The molecule has 1 aliphatic heterocycles. The predicted octanol–water partition coefficient (Wildman–Crippen LogP) is 8.67. The number of anilines is 1. The van der Waals surface area contributed by atoms with Crippen molar-refractivity contribution in [2.75, 3.05) is 50.7 Å². The van der Waals surface area contributed by atoms with Gasteiger partial charge in [-0.1, -0.05) is 84.1 Å². The lowest BCUT2D eigenvalue weighted by Gasteiger charge is -2.31. The Bertz CT molecular complexity index is 903. The maximum absolute atomic E-state index is 5.10. The Morgan fingerprint density at radius 3 is 2.08 bits per heavy atom. The number of hydrogen-bond acceptors (Lipinski definition) is 5. The number of rotatable bonds is 18. The lowest BCUT2D eigenvalue weighted by molar-refractivity contribution is 0.310. The second kappa shape index (κ2) is 16.3. The fraction of sp³-hybridized carbons (Fsp3) is 0.656. The van der Waals surface area contributed by atoms with E-state index in [2.05, 4.69) is 79.7 Å². The third-order valence-corrected chi connectivity index (χ3v) is 8.86. The van der Waals surface area contributed by atoms with Crippen LogP contribution in [0.25, 0.3) is 0 Å². The average molecular weight is 525 g/mol. The summed E-state index contributed by atoms with van der Waals surface area (Å²) in [6.45, 7) is 19.2. The van der Waals surface area contributed by atoms with E-state index in [-0.39, 0.29) is 0 Å². The Morgan fingerprint density at radius 2 is 1.46 bits per heavy atom. The third-order valence-electron chi connectivity index (χ3n) is 7.74. The first-order valence-corrected chi connectivity index (χ1v) is 16.0. The number of allylic oxidation sites excluding steroid dienone is 3. The second-order valence-corrected chi connectivity index (χ2v) is 11.5. The van der Waals surface area contributed by atoms with Crippen LogP contribution >= 0.6 is 11.8 Å². The Kier molecular flexibility index (Phi) is 13.1. The molecule has 3 rings (SSSR count). The van der Waals surface area contributed by atoms with E-state index < -0.39 is 0 Å². The van der Waals surface area contributed by atoms with Gasteiger partial charge in [-0.2, -0.15) is 0 Å². The zero-order valence-corrected chi connectivity index (χ0v) is 25.2. The summed E-state index contributed by atoms with van der Waals surface area (Å²) >= 11 is 1.93. The van der Waals surface area contributed by atoms with Crippen molar-refractivity contribution in [3.63, 3.8) is 0 Å². The molecule has 1 heterocycles. The summed E-state index contributed by atoms with van der Waals surface area (Å²) in [5, 5.41) is 0. The van der Waals surface area contributed by atoms with Crippen molar-refractivity contribution in [3.05, 3.63) is 41.0 Å². The Labute approximate surface area is 232 Å². The van der Waals surface area contributed by atoms with Crippen LogP contribution in [0.15, 0.2) is 50.8 Å². The van der Waals surface area contributed by atoms with Crippen LogP contribution in [0.5, 0.6) is 0 Å². The van der Waals surface area contributed by atoms with Gasteiger partial charge in [0.1, 0.15) is 0 Å². The van der Waals surface area contributed by atoms with Gasteiger partial charge in [0.15, 0.2) is 0 Å². The number of likely N-dealkylation sites (N-methyl/N-ethyl adjacent to an activating group) is 2. The molecule has 0 unspecified atom stereocenters. The summed E-state index contributed by atoms with van der Waals surface area (Å²) in [4.78, 5) is 15.4. The van der Waals surface area contributed by atoms with E-state index in [0.717, 1.165) is 44.8 Å². The van der Waals surface area contributed by atoms with Crippen molar-refractivity contribution in [2.45, 2.75) is 97.3 Å². The van der Waals surface area contributed by atoms with Crippen LogP contribution in [0, 0.1) is 0 Å². The first kappa shape index (κ1) is 29.8. The Hall–Kier alpha value is -1.72. The van der Waals surface area contributed by atoms with Crippen molar-refractivity contribution in [3.8, 4) is 0 Å². The second-order valence-electron chi connectivity index (χ2n) is 10.4. The quantitative estimate of drug-likeness (QED) is 0.179. The van der Waals surface area contributed by atoms with Crippen LogP contribution in [-0.2, 0) is 0 Å². The van der Waals surface area contributed by atoms with E-state index in [1.807, 2.05) is 11.8 Å². The van der Waals surface area contributed by atoms with Crippen LogP contribution < -0.4 is 4.90 Å². The highest BCUT2D eigenvalue weighted by Crippen LogP contribution is 2.44. The summed E-state index contributed by atoms with van der Waals surface area (Å²) in [6, 6.07) is 6.87. The number of unbranched alkanes of at least 4 members (excludes halogenated alkanes) is 6. The zero-order valence-electron chi connectivity index (χ0n) is 24.4. The number of fused-ring (bicyclic) bond motifs is 2. The Morgan fingerprint density at radius 1 is 0.757 bits per heavy atom. The van der Waals surface area contributed by atoms with E-state index in [1.165, 1.54) is 91.4 Å². The van der Waals surface area contributed by atoms with Crippen molar-refractivity contribution < 1.29 is 0 Å². The van der Waals surface area contributed by atoms with Gasteiger partial charge in [0.25, 0.3) is 0 Å². The molecule has 0 fully saturated rings. The first-order chi connectivity index (χ1) is 18.1. The van der Waals surface area contributed by atoms with Crippen LogP contribution in [-0.4, -0.2) is 61.3 Å². The molecule has 0 N–H and O–H groups in total. The van der Waals surface area contributed by atoms with E-state index in [9.17, 15) is 0 Å². The molecule has 0 saturated carbocycles. The highest BCUT2D eigenvalue weighted by atomic mass is 32.2. The first-order valence-electron chi connectivity index (χ1n) is 15.2. The van der Waals surface area contributed by atoms with Gasteiger partial charge in [-0.25, -0.2) is 0 Å². The van der Waals surface area contributed by atoms with Gasteiger partial charge in [0.2, 0.25) is 0 Å². The molecule has 0 spiro atoms. The van der Waals surface area contributed by atoms with Crippen LogP contribution in [0.2, 0.25) is 0 Å². The largest absolute Gasteiger partial charge is 0.372 e. The summed E-state index contributed by atoms with van der Waals surface area (Å²) in [6.07, 6.45) is 16.4. The highest BCUT2D eigenvalue weighted by Gasteiger charge is 2.23. The van der Waals surface area contributed by atoms with E-state index in [0.29, 0.717) is 0 Å². The summed E-state index contributed by atoms with van der Waals surface area (Å²) in [5.74, 6) is 0. The Balaban J connectivity index is 1.71. The molecule has 0 atom stereocenters. The molecule has 1 aromatic carbocycles. The minimum absolute atomic E-state index is 0.945. The van der Waals surface area contributed by atoms with Crippen molar-refractivity contribution >= 4 is 28.8 Å². The monoisotopic (exact) mass is 524 g/mol. The molecule has 206 valence electrons. The molecule has 37 heavy (non-hydrogen) atoms. The molecule has 1 aromatic rings. The lowest BCUT2D eigenvalue weighted by atomic mass is 10.1. The maximum atomic E-state index is 5.10. The van der Waals surface area contributed by atoms with E-state index in [4.69, 9.17) is 4.99 Å². The number of thioether (sulfide) groups is 1. The topological polar surface area (TPSA) is 22.1 Å². The van der Waals surface area contributed by atoms with Gasteiger partial charge in [-0.05, 0) is 57.1 Å². The van der Waals surface area contributed by atoms with Crippen molar-refractivity contribution in [2.24, 2.45) is 4.99 Å². The molecule has 4 nitrogen and oxygen atoms in total. The van der Waals surface area contributed by atoms with Gasteiger partial charge in [0, 0.05) is 60.3 Å². The highest BCUT2D eigenvalue weighted by molar-refractivity contribution is 8.04. The van der Waals surface area contributed by atoms with Crippen molar-refractivity contribution in [1.82, 2.24) is 9.80 Å². The van der Waals surface area contributed by atoms with E-state index >= 15 is 0 Å². The van der Waals surface area contributed by atoms with Crippen molar-refractivity contribution in [1.29, 1.82) is 0 Å². The molecule has 5 heteroatoms. The number of nitrogens with zero attached hydrogens (tertiary/aromatic N) is 4. The molecule has 1 aliphatic carbocycles. The predicted molar refractivity (Wildman–Crippen MR) is 166 cm³/mol. The lowest BCUT2D eigenvalue weighted by Crippen LogP contribution is -2.35. The SMILES string of the molecule is CCCCCCN(CCCCCC)C1=CCC2=Nc3ccc(N(CC)CCN(CC)CC)cc3SC2=C1. The number of aliphatic imine (C=N–C) groups is 1. The average Bonchev–Trinajstić information content (AvgIpc) is 2.93. The normalized spacial score (nSPS) is 14.6. The van der Waals surface area contributed by atoms with Gasteiger partial charge in [0.05, 0.1) is 11.4 Å². The van der Waals surface area contributed by atoms with E-state index in [1.54, 1.807) is 0 Å². The van der Waals surface area contributed by atoms with Gasteiger partial charge in [-0.3, -0.25) is 4.99 Å². The van der Waals surface area contributed by atoms with Crippen LogP contribution in [0.4, 0.5) is 11.4 Å². The molecule has 0 saturated heterocycles. The van der Waals surface area contributed by atoms with Crippen LogP contribution in [0.3, 0.4) is 0 Å². The molecule has 0 bridgehead atoms. The minimum atomic E-state index is 0.945. The zero-order chi connectivity index (χ0) is 26.5. The molecule has 2 aliphatic rings. The smallest absolute Gasteiger partial charge is 0.0774 e. The number of hydrogen-bond donors (Lipinski definition) is 0. The third kappa shape index (κ3) is 8.92. The minimum Gasteiger partial charge on any atom is -0.372 e. The fourth-order valence-corrected chi connectivity index (χ4v) is 6.29. The molecule has 0 aromatic heterocycles. The summed E-state index contributed by atoms with van der Waals surface area (Å²) in [5.41, 5.74) is 5.11. The maximum Gasteiger partial charge on any atom is 0.0774 e. The summed E-state index contributed by atoms with van der Waals surface area (Å²) in [7, 11) is 0. The molecular formula is C32H52N4S. The molecule has 0 radical (unpaired) electrons. The molecular weight excluding hydrogens is 472 g/mol. The fourth-order valence-electron chi connectivity index (χ4n) is 5.23. The number of benzene rings is 1. The van der Waals surface area contributed by atoms with Gasteiger partial charge < -0.3 is 14.7 Å².